The lowest BCUT2D eigenvalue weighted by Crippen LogP contribution is -2.34. The maximum absolute atomic E-state index is 7.25. The van der Waals surface area contributed by atoms with Crippen molar-refractivity contribution in [1.29, 1.82) is 10.8 Å². The first kappa shape index (κ1) is 88.2. The molecule has 0 aliphatic heterocycles. The normalized spacial score (nSPS) is 11.2. The molecule has 0 amide bonds. The van der Waals surface area contributed by atoms with Crippen LogP contribution in [0.2, 0.25) is 0 Å². The zero-order valence-corrected chi connectivity index (χ0v) is 65.1. The summed E-state index contributed by atoms with van der Waals surface area (Å²) in [5, 5.41) is 17.6. The minimum Gasteiger partial charge on any atom is -0.370 e. The van der Waals surface area contributed by atoms with Crippen LogP contribution in [0.3, 0.4) is 0 Å². The van der Waals surface area contributed by atoms with Crippen molar-refractivity contribution in [2.45, 2.75) is 243 Å². The lowest BCUT2D eigenvalue weighted by atomic mass is 10.2. The van der Waals surface area contributed by atoms with Crippen LogP contribution in [0.5, 0.6) is 0 Å². The molecular weight excluding hydrogens is 1160 g/mol. The fraction of sp³-hybridized carbons (Fsp3) is 0.671. The van der Waals surface area contributed by atoms with E-state index in [4.69, 9.17) is 10.8 Å². The molecule has 6 nitrogen and oxygen atoms in total. The van der Waals surface area contributed by atoms with Crippen LogP contribution in [0.4, 0.5) is 0 Å². The first-order chi connectivity index (χ1) is 42.9. The predicted octanol–water partition coefficient (Wildman–Crippen LogP) is 22.7. The Morgan fingerprint density at radius 1 is 0.292 bits per heavy atom. The van der Waals surface area contributed by atoms with E-state index in [0.717, 1.165) is 6.16 Å². The van der Waals surface area contributed by atoms with E-state index in [1.54, 1.807) is 83.7 Å². The molecule has 0 heterocycles. The van der Waals surface area contributed by atoms with Gasteiger partial charge in [-0.3, -0.25) is 10.8 Å². The van der Waals surface area contributed by atoms with E-state index in [9.17, 15) is 0 Å². The monoisotopic (exact) mass is 1310 g/mol. The highest BCUT2D eigenvalue weighted by Crippen LogP contribution is 2.63. The molecule has 0 saturated carbocycles. The summed E-state index contributed by atoms with van der Waals surface area (Å²) in [6.45, 7) is 28.3. The zero-order valence-electron chi connectivity index (χ0n) is 61.5. The van der Waals surface area contributed by atoms with Gasteiger partial charge in [-0.25, -0.2) is 0 Å². The van der Waals surface area contributed by atoms with E-state index in [0.29, 0.717) is 5.96 Å². The number of rotatable bonds is 41. The van der Waals surface area contributed by atoms with Crippen molar-refractivity contribution in [1.82, 2.24) is 9.80 Å². The molecule has 510 valence electrons. The summed E-state index contributed by atoms with van der Waals surface area (Å²) in [5.41, 5.74) is 10.3. The first-order valence-corrected chi connectivity index (χ1v) is 46.1. The second kappa shape index (κ2) is 57.8. The summed E-state index contributed by atoms with van der Waals surface area (Å²) in [6.07, 6.45) is 54.9. The molecule has 0 aliphatic carbocycles. The van der Waals surface area contributed by atoms with Gasteiger partial charge in [-0.15, -0.1) is 0 Å². The Morgan fingerprint density at radius 2 is 0.494 bits per heavy atom. The lowest BCUT2D eigenvalue weighted by Gasteiger charge is -2.28. The molecule has 0 bridgehead atoms. The van der Waals surface area contributed by atoms with Gasteiger partial charge in [0.1, 0.15) is 23.2 Å². The van der Waals surface area contributed by atoms with Crippen LogP contribution in [-0.2, 0) is 6.16 Å². The van der Waals surface area contributed by atoms with E-state index in [1.165, 1.54) is 176 Å². The van der Waals surface area contributed by atoms with Crippen molar-refractivity contribution < 1.29 is 0 Å². The van der Waals surface area contributed by atoms with Crippen molar-refractivity contribution in [3.8, 4) is 0 Å². The summed E-state index contributed by atoms with van der Waals surface area (Å²) in [5.74, 6) is 0.185. The summed E-state index contributed by atoms with van der Waals surface area (Å²) in [4.78, 5) is 3.50. The number of unbranched alkanes of at least 4 members (excludes halogenated alkanes) is 12. The minimum atomic E-state index is -1.78. The number of hydrogen-bond acceptors (Lipinski definition) is 2. The number of hydrogen-bond donors (Lipinski definition) is 4. The van der Waals surface area contributed by atoms with Crippen LogP contribution >= 0.6 is 29.0 Å². The summed E-state index contributed by atoms with van der Waals surface area (Å²) in [6, 6.07) is 44.0. The van der Waals surface area contributed by atoms with Gasteiger partial charge < -0.3 is 21.3 Å². The molecule has 0 fully saturated rings. The Hall–Kier alpha value is -2.86. The average molecular weight is 1310 g/mol. The molecule has 0 radical (unpaired) electrons. The predicted molar refractivity (Wildman–Crippen MR) is 425 cm³/mol. The van der Waals surface area contributed by atoms with Crippen LogP contribution in [0.25, 0.3) is 0 Å². The van der Waals surface area contributed by atoms with Gasteiger partial charge in [-0.2, -0.15) is 0 Å². The van der Waals surface area contributed by atoms with Crippen molar-refractivity contribution >= 4 is 56.9 Å². The minimum absolute atomic E-state index is 0.333. The van der Waals surface area contributed by atoms with Gasteiger partial charge in [-0.05, 0) is 119 Å². The third-order valence-electron chi connectivity index (χ3n) is 17.4. The summed E-state index contributed by atoms with van der Waals surface area (Å²) >= 11 is 0. The third-order valence-corrected chi connectivity index (χ3v) is 37.5. The zero-order chi connectivity index (χ0) is 66.9. The SMILES string of the molecule is CCCCC[P+](CCCCC)(CCCCC)CCCCC.CCCC[P+](CCCC)(CCCC)CCCC.CCC[P+](CCC)(CCC)CCC.CN(C)C(=N)N(C)C.N=C(N)N.c1ccc(C[P+](c2ccccc2)(c2ccccc2)c2ccccc2)cc1. The topological polar surface area (TPSA) is 106 Å². The lowest BCUT2D eigenvalue weighted by molar-refractivity contribution is 0.478. The van der Waals surface area contributed by atoms with Gasteiger partial charge in [0.2, 0.25) is 0 Å². The van der Waals surface area contributed by atoms with E-state index in [2.05, 4.69) is 216 Å². The number of nitrogens with one attached hydrogen (secondary N) is 2. The van der Waals surface area contributed by atoms with Gasteiger partial charge in [-0.1, -0.05) is 245 Å². The fourth-order valence-electron chi connectivity index (χ4n) is 12.7. The smallest absolute Gasteiger partial charge is 0.192 e. The van der Waals surface area contributed by atoms with Crippen molar-refractivity contribution in [2.75, 3.05) is 102 Å². The highest BCUT2D eigenvalue weighted by Gasteiger charge is 2.45. The molecule has 6 N–H and O–H groups in total. The maximum atomic E-state index is 7.25. The van der Waals surface area contributed by atoms with Crippen LogP contribution in [0, 0.1) is 10.8 Å². The Bertz CT molecular complexity index is 1940. The van der Waals surface area contributed by atoms with Gasteiger partial charge in [0.15, 0.2) is 11.9 Å². The van der Waals surface area contributed by atoms with Gasteiger partial charge in [0.05, 0.1) is 80.1 Å². The van der Waals surface area contributed by atoms with E-state index in [1.807, 2.05) is 28.2 Å². The molecule has 0 aliphatic rings. The van der Waals surface area contributed by atoms with Crippen molar-refractivity contribution in [2.24, 2.45) is 11.5 Å². The van der Waals surface area contributed by atoms with E-state index >= 15 is 0 Å². The average Bonchev–Trinajstić information content (AvgIpc) is 1.38. The third kappa shape index (κ3) is 40.8. The fourth-order valence-corrected chi connectivity index (χ4v) is 32.3. The molecule has 0 spiro atoms. The molecule has 89 heavy (non-hydrogen) atoms. The second-order valence-electron chi connectivity index (χ2n) is 26.0. The highest BCUT2D eigenvalue weighted by atomic mass is 31.2. The Balaban J connectivity index is 0. The van der Waals surface area contributed by atoms with E-state index < -0.39 is 29.0 Å². The number of nitrogens with two attached hydrogens (primary N) is 2. The molecule has 4 rings (SSSR count). The highest BCUT2D eigenvalue weighted by molar-refractivity contribution is 7.95. The number of guanidine groups is 2. The van der Waals surface area contributed by atoms with Crippen LogP contribution in [-0.4, -0.2) is 124 Å². The molecule has 0 saturated heterocycles. The van der Waals surface area contributed by atoms with Crippen molar-refractivity contribution in [3.05, 3.63) is 127 Å². The molecule has 0 atom stereocenters. The van der Waals surface area contributed by atoms with Crippen LogP contribution in [0.15, 0.2) is 121 Å². The van der Waals surface area contributed by atoms with Crippen LogP contribution in [0.1, 0.15) is 243 Å². The molecule has 4 aromatic rings. The number of nitrogens with zero attached hydrogens (tertiary/aromatic N) is 2. The number of benzene rings is 4. The van der Waals surface area contributed by atoms with Crippen molar-refractivity contribution in [3.63, 3.8) is 0 Å². The summed E-state index contributed by atoms with van der Waals surface area (Å²) in [7, 11) is 3.95. The second-order valence-corrected chi connectivity index (χ2v) is 42.9. The molecular formula is C79H148N6P4+4. The quantitative estimate of drug-likeness (QED) is 0.0154. The Kier molecular flexibility index (Phi) is 57.3. The molecule has 4 aromatic carbocycles. The first-order valence-electron chi connectivity index (χ1n) is 36.6. The van der Waals surface area contributed by atoms with E-state index in [-0.39, 0.29) is 5.96 Å². The van der Waals surface area contributed by atoms with Gasteiger partial charge >= 0.3 is 0 Å². The van der Waals surface area contributed by atoms with Gasteiger partial charge in [0, 0.05) is 50.0 Å². The Morgan fingerprint density at radius 3 is 0.685 bits per heavy atom. The van der Waals surface area contributed by atoms with Gasteiger partial charge in [0.25, 0.3) is 0 Å². The largest absolute Gasteiger partial charge is 0.370 e. The summed E-state index contributed by atoms with van der Waals surface area (Å²) < 4.78 is 0. The molecule has 10 heteroatoms. The Labute approximate surface area is 558 Å². The van der Waals surface area contributed by atoms with Crippen LogP contribution < -0.4 is 27.4 Å². The maximum Gasteiger partial charge on any atom is 0.192 e. The molecule has 0 unspecified atom stereocenters. The molecule has 0 aromatic heterocycles. The standard InChI is InChI=1S/C25H22P.C20H44P.C16H36P.C12H28P.C5H13N3.CH5N3/c1-5-13-22(14-6-1)21-26(23-15-7-2-8-16-23,24-17-9-3-10-18-24)25-19-11-4-12-20-25;1-5-9-13-17-21(18-14-10-6-2,19-15-11-7-3)20-16-12-8-4;1-5-9-13-17(14-10-6-2,15-11-7-3)16-12-8-4;1-5-9-13(10-6-2,11-7-3)12-8-4;1-7(2)5(6)8(3)4;2-1(3)4/h1-20H,21H2;5-20H2,1-4H3;5-16H2,1-4H3;5-12H2,1-4H3;6H,1-4H3;(H5,2,3,4)/q4*+1;;.